The zero-order valence-corrected chi connectivity index (χ0v) is 13.2. The lowest BCUT2D eigenvalue weighted by Crippen LogP contribution is -2.08. The van der Waals surface area contributed by atoms with Crippen molar-refractivity contribution in [3.63, 3.8) is 0 Å². The summed E-state index contributed by atoms with van der Waals surface area (Å²) >= 11 is 6.70. The molecule has 0 heterocycles. The SMILES string of the molecule is CC(=O)Nc1c(I)cc(I)cc1I. The van der Waals surface area contributed by atoms with Crippen LogP contribution in [0.25, 0.3) is 0 Å². The van der Waals surface area contributed by atoms with E-state index in [2.05, 4.69) is 73.1 Å². The fourth-order valence-electron chi connectivity index (χ4n) is 0.838. The normalized spacial score (nSPS) is 9.85. The van der Waals surface area contributed by atoms with Crippen LogP contribution in [-0.2, 0) is 4.79 Å². The van der Waals surface area contributed by atoms with Crippen LogP contribution in [0, 0.1) is 10.7 Å². The third-order valence-corrected chi connectivity index (χ3v) is 3.63. The van der Waals surface area contributed by atoms with Gasteiger partial charge in [0.25, 0.3) is 0 Å². The van der Waals surface area contributed by atoms with E-state index in [0.717, 1.165) is 12.8 Å². The molecule has 13 heavy (non-hydrogen) atoms. The molecule has 0 unspecified atom stereocenters. The maximum Gasteiger partial charge on any atom is 0.221 e. The summed E-state index contributed by atoms with van der Waals surface area (Å²) in [5.74, 6) is -0.0305. The Labute approximate surface area is 118 Å². The van der Waals surface area contributed by atoms with E-state index in [1.165, 1.54) is 10.5 Å². The van der Waals surface area contributed by atoms with Crippen LogP contribution in [0.4, 0.5) is 5.69 Å². The number of hydrogen-bond acceptors (Lipinski definition) is 1. The third-order valence-electron chi connectivity index (χ3n) is 1.31. The zero-order valence-electron chi connectivity index (χ0n) is 6.70. The second kappa shape index (κ2) is 5.10. The van der Waals surface area contributed by atoms with E-state index >= 15 is 0 Å². The summed E-state index contributed by atoms with van der Waals surface area (Å²) in [5, 5.41) is 2.81. The molecule has 0 aromatic heterocycles. The van der Waals surface area contributed by atoms with E-state index < -0.39 is 0 Å². The topological polar surface area (TPSA) is 29.1 Å². The minimum Gasteiger partial charge on any atom is -0.324 e. The Bertz CT molecular complexity index is 328. The van der Waals surface area contributed by atoms with Crippen LogP contribution in [0.2, 0.25) is 0 Å². The average molecular weight is 513 g/mol. The van der Waals surface area contributed by atoms with Gasteiger partial charge in [-0.15, -0.1) is 0 Å². The fourth-order valence-corrected chi connectivity index (χ4v) is 4.69. The first kappa shape index (κ1) is 12.0. The number of hydrogen-bond donors (Lipinski definition) is 1. The third kappa shape index (κ3) is 3.50. The van der Waals surface area contributed by atoms with Crippen LogP contribution >= 0.6 is 67.8 Å². The average Bonchev–Trinajstić information content (AvgIpc) is 1.96. The highest BCUT2D eigenvalue weighted by Crippen LogP contribution is 2.27. The second-order valence-electron chi connectivity index (χ2n) is 2.43. The lowest BCUT2D eigenvalue weighted by Gasteiger charge is -2.08. The number of nitrogens with one attached hydrogen (secondary N) is 1. The Morgan fingerprint density at radius 3 is 2.08 bits per heavy atom. The van der Waals surface area contributed by atoms with Crippen molar-refractivity contribution in [3.05, 3.63) is 22.8 Å². The van der Waals surface area contributed by atoms with Crippen molar-refractivity contribution in [1.82, 2.24) is 0 Å². The molecule has 1 rings (SSSR count). The molecule has 1 N–H and O–H groups in total. The van der Waals surface area contributed by atoms with E-state index in [-0.39, 0.29) is 5.91 Å². The molecule has 0 radical (unpaired) electrons. The number of carbonyl (C=O) groups is 1. The Kier molecular flexibility index (Phi) is 4.69. The molecule has 0 saturated heterocycles. The largest absolute Gasteiger partial charge is 0.324 e. The second-order valence-corrected chi connectivity index (χ2v) is 6.00. The van der Waals surface area contributed by atoms with Crippen LogP contribution in [0.3, 0.4) is 0 Å². The van der Waals surface area contributed by atoms with Gasteiger partial charge in [-0.25, -0.2) is 0 Å². The molecule has 1 aromatic carbocycles. The summed E-state index contributed by atoms with van der Waals surface area (Å²) < 4.78 is 3.33. The Morgan fingerprint density at radius 2 is 1.69 bits per heavy atom. The molecule has 0 aliphatic heterocycles. The molecule has 1 aromatic rings. The molecular formula is C8H6I3NO. The van der Waals surface area contributed by atoms with Gasteiger partial charge in [0.1, 0.15) is 0 Å². The molecule has 1 amide bonds. The Balaban J connectivity index is 3.13. The quantitative estimate of drug-likeness (QED) is 0.574. The smallest absolute Gasteiger partial charge is 0.221 e. The highest BCUT2D eigenvalue weighted by molar-refractivity contribution is 14.1. The van der Waals surface area contributed by atoms with E-state index in [4.69, 9.17) is 0 Å². The first-order chi connectivity index (χ1) is 6.00. The molecular weight excluding hydrogens is 507 g/mol. The first-order valence-electron chi connectivity index (χ1n) is 3.43. The van der Waals surface area contributed by atoms with Gasteiger partial charge in [0.15, 0.2) is 0 Å². The summed E-state index contributed by atoms with van der Waals surface area (Å²) in [4.78, 5) is 10.9. The molecule has 0 atom stereocenters. The molecule has 0 bridgehead atoms. The summed E-state index contributed by atoms with van der Waals surface area (Å²) in [6.45, 7) is 1.52. The minimum absolute atomic E-state index is 0.0305. The van der Waals surface area contributed by atoms with Gasteiger partial charge in [-0.1, -0.05) is 0 Å². The van der Waals surface area contributed by atoms with Crippen molar-refractivity contribution in [2.24, 2.45) is 0 Å². The Morgan fingerprint density at radius 1 is 1.23 bits per heavy atom. The maximum atomic E-state index is 10.9. The molecule has 0 saturated carbocycles. The van der Waals surface area contributed by atoms with Crippen molar-refractivity contribution < 1.29 is 4.79 Å². The van der Waals surface area contributed by atoms with Crippen LogP contribution in [0.1, 0.15) is 6.92 Å². The van der Waals surface area contributed by atoms with Crippen LogP contribution in [0.15, 0.2) is 12.1 Å². The van der Waals surface area contributed by atoms with Gasteiger partial charge in [-0.2, -0.15) is 0 Å². The summed E-state index contributed by atoms with van der Waals surface area (Å²) in [6.07, 6.45) is 0. The number of benzene rings is 1. The van der Waals surface area contributed by atoms with Crippen molar-refractivity contribution >= 4 is 79.4 Å². The van der Waals surface area contributed by atoms with Gasteiger partial charge in [0.05, 0.1) is 5.69 Å². The molecule has 5 heteroatoms. The van der Waals surface area contributed by atoms with Gasteiger partial charge >= 0.3 is 0 Å². The van der Waals surface area contributed by atoms with Crippen molar-refractivity contribution in [2.45, 2.75) is 6.92 Å². The van der Waals surface area contributed by atoms with E-state index in [9.17, 15) is 4.79 Å². The highest BCUT2D eigenvalue weighted by atomic mass is 127. The van der Waals surface area contributed by atoms with Crippen molar-refractivity contribution in [2.75, 3.05) is 5.32 Å². The van der Waals surface area contributed by atoms with E-state index in [0.29, 0.717) is 0 Å². The molecule has 0 aliphatic rings. The number of halogens is 3. The zero-order chi connectivity index (χ0) is 10.0. The van der Waals surface area contributed by atoms with Crippen molar-refractivity contribution in [1.29, 1.82) is 0 Å². The number of carbonyl (C=O) groups excluding carboxylic acids is 1. The highest BCUT2D eigenvalue weighted by Gasteiger charge is 2.07. The van der Waals surface area contributed by atoms with E-state index in [1.54, 1.807) is 0 Å². The Hall–Kier alpha value is 0.880. The van der Waals surface area contributed by atoms with Crippen LogP contribution in [-0.4, -0.2) is 5.91 Å². The molecule has 70 valence electrons. The number of rotatable bonds is 1. The van der Waals surface area contributed by atoms with Gasteiger partial charge in [0, 0.05) is 17.6 Å². The summed E-state index contributed by atoms with van der Waals surface area (Å²) in [5.41, 5.74) is 0.911. The van der Waals surface area contributed by atoms with E-state index in [1.807, 2.05) is 12.1 Å². The molecule has 0 aliphatic carbocycles. The maximum absolute atomic E-state index is 10.9. The summed E-state index contributed by atoms with van der Waals surface area (Å²) in [6, 6.07) is 4.07. The monoisotopic (exact) mass is 513 g/mol. The van der Waals surface area contributed by atoms with Gasteiger partial charge < -0.3 is 5.32 Å². The van der Waals surface area contributed by atoms with Gasteiger partial charge in [-0.3, -0.25) is 4.79 Å². The molecule has 0 spiro atoms. The molecule has 0 fully saturated rings. The standard InChI is InChI=1S/C8H6I3NO/c1-4(13)12-8-6(10)2-5(9)3-7(8)11/h2-3H,1H3,(H,12,13). The summed E-state index contributed by atoms with van der Waals surface area (Å²) in [7, 11) is 0. The van der Waals surface area contributed by atoms with Crippen LogP contribution in [0.5, 0.6) is 0 Å². The fraction of sp³-hybridized carbons (Fsp3) is 0.125. The predicted octanol–water partition coefficient (Wildman–Crippen LogP) is 3.46. The van der Waals surface area contributed by atoms with Crippen molar-refractivity contribution in [3.8, 4) is 0 Å². The predicted molar refractivity (Wildman–Crippen MR) is 78.9 cm³/mol. The lowest BCUT2D eigenvalue weighted by atomic mass is 10.3. The minimum atomic E-state index is -0.0305. The number of anilines is 1. The molecule has 2 nitrogen and oxygen atoms in total. The van der Waals surface area contributed by atoms with Gasteiger partial charge in [0.2, 0.25) is 5.91 Å². The lowest BCUT2D eigenvalue weighted by molar-refractivity contribution is -0.114. The first-order valence-corrected chi connectivity index (χ1v) is 6.66. The van der Waals surface area contributed by atoms with Gasteiger partial charge in [-0.05, 0) is 79.9 Å². The number of amides is 1. The van der Waals surface area contributed by atoms with Crippen LogP contribution < -0.4 is 5.32 Å².